The summed E-state index contributed by atoms with van der Waals surface area (Å²) in [6.45, 7) is 1.55. The number of thiophene rings is 1. The van der Waals surface area contributed by atoms with Gasteiger partial charge in [-0.3, -0.25) is 4.57 Å². The topological polar surface area (TPSA) is 39.9 Å². The molecule has 1 aliphatic heterocycles. The van der Waals surface area contributed by atoms with Gasteiger partial charge < -0.3 is 4.74 Å². The molecule has 0 bridgehead atoms. The van der Waals surface area contributed by atoms with Crippen LogP contribution >= 0.6 is 23.1 Å². The Labute approximate surface area is 154 Å². The summed E-state index contributed by atoms with van der Waals surface area (Å²) < 4.78 is 21.8. The van der Waals surface area contributed by atoms with Crippen LogP contribution in [0.25, 0.3) is 10.7 Å². The minimum atomic E-state index is -0.182. The quantitative estimate of drug-likeness (QED) is 0.590. The average Bonchev–Trinajstić information content (AvgIpc) is 3.37. The molecule has 1 fully saturated rings. The second kappa shape index (κ2) is 7.68. The van der Waals surface area contributed by atoms with Crippen molar-refractivity contribution in [3.8, 4) is 10.7 Å². The predicted molar refractivity (Wildman–Crippen MR) is 98.3 cm³/mol. The van der Waals surface area contributed by atoms with Gasteiger partial charge in [-0.1, -0.05) is 36.0 Å². The summed E-state index contributed by atoms with van der Waals surface area (Å²) in [5.41, 5.74) is 0.678. The van der Waals surface area contributed by atoms with Crippen LogP contribution in [0.2, 0.25) is 0 Å². The van der Waals surface area contributed by atoms with Gasteiger partial charge in [0.25, 0.3) is 0 Å². The van der Waals surface area contributed by atoms with Crippen LogP contribution in [0.4, 0.5) is 4.39 Å². The maximum atomic E-state index is 13.9. The van der Waals surface area contributed by atoms with Gasteiger partial charge in [-0.2, -0.15) is 0 Å². The molecule has 3 heterocycles. The summed E-state index contributed by atoms with van der Waals surface area (Å²) in [4.78, 5) is 1.09. The van der Waals surface area contributed by atoms with Crippen molar-refractivity contribution in [3.63, 3.8) is 0 Å². The molecule has 0 unspecified atom stereocenters. The zero-order valence-electron chi connectivity index (χ0n) is 13.6. The molecule has 0 N–H and O–H groups in total. The van der Waals surface area contributed by atoms with Gasteiger partial charge in [-0.05, 0) is 35.9 Å². The van der Waals surface area contributed by atoms with Gasteiger partial charge in [0, 0.05) is 12.4 Å². The van der Waals surface area contributed by atoms with Gasteiger partial charge in [0.2, 0.25) is 0 Å². The molecule has 0 radical (unpaired) electrons. The summed E-state index contributed by atoms with van der Waals surface area (Å²) in [6.07, 6.45) is 2.35. The van der Waals surface area contributed by atoms with Crippen LogP contribution in [0, 0.1) is 5.82 Å². The molecule has 4 nitrogen and oxygen atoms in total. The molecule has 25 heavy (non-hydrogen) atoms. The Kier molecular flexibility index (Phi) is 5.14. The van der Waals surface area contributed by atoms with Crippen LogP contribution < -0.4 is 0 Å². The molecule has 0 aliphatic carbocycles. The van der Waals surface area contributed by atoms with Crippen molar-refractivity contribution in [3.05, 3.63) is 53.2 Å². The fourth-order valence-corrected chi connectivity index (χ4v) is 4.55. The normalized spacial score (nSPS) is 17.2. The van der Waals surface area contributed by atoms with Crippen LogP contribution in [0.5, 0.6) is 0 Å². The molecule has 7 heteroatoms. The molecular weight excluding hydrogens is 357 g/mol. The molecule has 0 spiro atoms. The van der Waals surface area contributed by atoms with E-state index in [-0.39, 0.29) is 11.9 Å². The second-order valence-electron chi connectivity index (χ2n) is 5.91. The molecule has 130 valence electrons. The van der Waals surface area contributed by atoms with Crippen LogP contribution in [-0.2, 0) is 17.0 Å². The highest BCUT2D eigenvalue weighted by atomic mass is 32.2. The lowest BCUT2D eigenvalue weighted by molar-refractivity contribution is 0.0953. The lowest BCUT2D eigenvalue weighted by Crippen LogP contribution is -2.16. The number of ether oxygens (including phenoxy) is 1. The largest absolute Gasteiger partial charge is 0.376 e. The first-order valence-electron chi connectivity index (χ1n) is 8.26. The van der Waals surface area contributed by atoms with Crippen molar-refractivity contribution in [1.82, 2.24) is 14.8 Å². The Morgan fingerprint density at radius 3 is 2.92 bits per heavy atom. The number of aromatic nitrogens is 3. The second-order valence-corrected chi connectivity index (χ2v) is 7.80. The third-order valence-corrected chi connectivity index (χ3v) is 6.06. The molecule has 2 aromatic heterocycles. The zero-order chi connectivity index (χ0) is 17.1. The van der Waals surface area contributed by atoms with Gasteiger partial charge in [-0.15, -0.1) is 21.5 Å². The van der Waals surface area contributed by atoms with Gasteiger partial charge in [0.1, 0.15) is 5.82 Å². The van der Waals surface area contributed by atoms with E-state index in [1.165, 1.54) is 17.8 Å². The fraction of sp³-hybridized carbons (Fsp3) is 0.333. The van der Waals surface area contributed by atoms with Crippen molar-refractivity contribution in [2.75, 3.05) is 6.61 Å². The number of hydrogen-bond donors (Lipinski definition) is 0. The first-order chi connectivity index (χ1) is 12.3. The number of halogens is 1. The maximum Gasteiger partial charge on any atom is 0.191 e. The van der Waals surface area contributed by atoms with Crippen molar-refractivity contribution in [2.24, 2.45) is 0 Å². The number of thioether (sulfide) groups is 1. The molecule has 1 aliphatic rings. The van der Waals surface area contributed by atoms with Gasteiger partial charge in [0.15, 0.2) is 11.0 Å². The molecule has 1 saturated heterocycles. The third kappa shape index (κ3) is 3.78. The number of rotatable bonds is 6. The lowest BCUT2D eigenvalue weighted by Gasteiger charge is -2.14. The summed E-state index contributed by atoms with van der Waals surface area (Å²) in [5, 5.41) is 11.6. The SMILES string of the molecule is Fc1ccccc1CSc1nnc(-c2cccs2)n1C[C@@H]1CCCO1. The van der Waals surface area contributed by atoms with E-state index in [1.807, 2.05) is 29.6 Å². The molecular formula is C18H18FN3OS2. The summed E-state index contributed by atoms with van der Waals surface area (Å²) in [6, 6.07) is 10.9. The van der Waals surface area contributed by atoms with Crippen molar-refractivity contribution in [2.45, 2.75) is 36.4 Å². The highest BCUT2D eigenvalue weighted by Gasteiger charge is 2.22. The zero-order valence-corrected chi connectivity index (χ0v) is 15.2. The van der Waals surface area contributed by atoms with Gasteiger partial charge >= 0.3 is 0 Å². The van der Waals surface area contributed by atoms with E-state index in [1.54, 1.807) is 17.4 Å². The van der Waals surface area contributed by atoms with E-state index in [0.717, 1.165) is 41.9 Å². The Balaban J connectivity index is 1.59. The molecule has 0 amide bonds. The Bertz CT molecular complexity index is 829. The molecule has 4 rings (SSSR count). The van der Waals surface area contributed by atoms with E-state index in [0.29, 0.717) is 11.3 Å². The predicted octanol–water partition coefficient (Wildman–Crippen LogP) is 4.62. The van der Waals surface area contributed by atoms with E-state index in [2.05, 4.69) is 14.8 Å². The first-order valence-corrected chi connectivity index (χ1v) is 10.1. The Morgan fingerprint density at radius 2 is 2.16 bits per heavy atom. The summed E-state index contributed by atoms with van der Waals surface area (Å²) in [7, 11) is 0. The Hall–Kier alpha value is -1.70. The number of nitrogens with zero attached hydrogens (tertiary/aromatic N) is 3. The minimum Gasteiger partial charge on any atom is -0.376 e. The summed E-state index contributed by atoms with van der Waals surface area (Å²) >= 11 is 3.16. The van der Waals surface area contributed by atoms with Crippen LogP contribution in [0.3, 0.4) is 0 Å². The standard InChI is InChI=1S/C18H18FN3OS2/c19-15-7-2-1-5-13(15)12-25-18-21-20-17(16-8-4-10-24-16)22(18)11-14-6-3-9-23-14/h1-2,4-5,7-8,10,14H,3,6,9,11-12H2/t14-/m0/s1. The van der Waals surface area contributed by atoms with E-state index < -0.39 is 0 Å². The van der Waals surface area contributed by atoms with Crippen LogP contribution in [-0.4, -0.2) is 27.5 Å². The highest BCUT2D eigenvalue weighted by molar-refractivity contribution is 7.98. The highest BCUT2D eigenvalue weighted by Crippen LogP contribution is 2.30. The Morgan fingerprint density at radius 1 is 1.24 bits per heavy atom. The van der Waals surface area contributed by atoms with Crippen LogP contribution in [0.1, 0.15) is 18.4 Å². The molecule has 1 aromatic carbocycles. The van der Waals surface area contributed by atoms with E-state index in [4.69, 9.17) is 4.74 Å². The average molecular weight is 375 g/mol. The molecule has 3 aromatic rings. The maximum absolute atomic E-state index is 13.9. The third-order valence-electron chi connectivity index (χ3n) is 4.18. The number of hydrogen-bond acceptors (Lipinski definition) is 5. The monoisotopic (exact) mass is 375 g/mol. The fourth-order valence-electron chi connectivity index (χ4n) is 2.90. The van der Waals surface area contributed by atoms with Crippen molar-refractivity contribution >= 4 is 23.1 Å². The van der Waals surface area contributed by atoms with Crippen LogP contribution in [0.15, 0.2) is 46.9 Å². The number of benzene rings is 1. The molecule has 0 saturated carbocycles. The lowest BCUT2D eigenvalue weighted by atomic mass is 10.2. The van der Waals surface area contributed by atoms with Gasteiger partial charge in [-0.25, -0.2) is 4.39 Å². The van der Waals surface area contributed by atoms with Crippen molar-refractivity contribution < 1.29 is 9.13 Å². The smallest absolute Gasteiger partial charge is 0.191 e. The summed E-state index contributed by atoms with van der Waals surface area (Å²) in [5.74, 6) is 1.21. The van der Waals surface area contributed by atoms with Gasteiger partial charge in [0.05, 0.1) is 17.5 Å². The minimum absolute atomic E-state index is 0.182. The molecule has 1 atom stereocenters. The van der Waals surface area contributed by atoms with E-state index >= 15 is 0 Å². The van der Waals surface area contributed by atoms with E-state index in [9.17, 15) is 4.39 Å². The van der Waals surface area contributed by atoms with Crippen molar-refractivity contribution in [1.29, 1.82) is 0 Å². The first kappa shape index (κ1) is 16.8.